The van der Waals surface area contributed by atoms with Crippen LogP contribution < -0.4 is 4.74 Å². The van der Waals surface area contributed by atoms with Crippen molar-refractivity contribution in [3.8, 4) is 5.75 Å². The van der Waals surface area contributed by atoms with Crippen LogP contribution in [0.5, 0.6) is 5.75 Å². The molecule has 0 saturated heterocycles. The Morgan fingerprint density at radius 1 is 1.21 bits per heavy atom. The second-order valence-corrected chi connectivity index (χ2v) is 8.83. The van der Waals surface area contributed by atoms with Crippen LogP contribution in [0, 0.1) is 23.6 Å². The number of ether oxygens (including phenoxy) is 1. The molecule has 0 unspecified atom stereocenters. The quantitative estimate of drug-likeness (QED) is 0.606. The number of esters is 1. The molecule has 0 aromatic heterocycles. The van der Waals surface area contributed by atoms with Crippen molar-refractivity contribution >= 4 is 5.97 Å². The third-order valence-electron chi connectivity index (χ3n) is 6.55. The highest BCUT2D eigenvalue weighted by atomic mass is 19.1. The van der Waals surface area contributed by atoms with Gasteiger partial charge < -0.3 is 14.7 Å². The smallest absolute Gasteiger partial charge is 0.343 e. The Bertz CT molecular complexity index is 885. The number of carbonyl (C=O) groups excluding carboxylic acids is 1. The molecule has 0 aliphatic heterocycles. The number of carbonyl (C=O) groups is 1. The van der Waals surface area contributed by atoms with Gasteiger partial charge in [0, 0.05) is 18.0 Å². The van der Waals surface area contributed by atoms with E-state index in [9.17, 15) is 14.3 Å². The maximum absolute atomic E-state index is 14.9. The summed E-state index contributed by atoms with van der Waals surface area (Å²) >= 11 is 0. The highest BCUT2D eigenvalue weighted by Crippen LogP contribution is 2.54. The zero-order chi connectivity index (χ0) is 20.6. The number of nitrogens with zero attached hydrogens (tertiary/aromatic N) is 1. The molecule has 2 aliphatic rings. The Hall–Kier alpha value is -2.24. The fourth-order valence-corrected chi connectivity index (χ4v) is 5.29. The Morgan fingerprint density at radius 3 is 2.69 bits per heavy atom. The van der Waals surface area contributed by atoms with E-state index in [2.05, 4.69) is 4.90 Å². The molecule has 0 radical (unpaired) electrons. The van der Waals surface area contributed by atoms with E-state index in [4.69, 9.17) is 4.74 Å². The van der Waals surface area contributed by atoms with Crippen molar-refractivity contribution in [3.63, 3.8) is 0 Å². The summed E-state index contributed by atoms with van der Waals surface area (Å²) in [6.45, 7) is 0.696. The molecule has 29 heavy (non-hydrogen) atoms. The summed E-state index contributed by atoms with van der Waals surface area (Å²) in [5.41, 5.74) is -0.578. The topological polar surface area (TPSA) is 49.8 Å². The molecule has 4 rings (SSSR count). The van der Waals surface area contributed by atoms with Gasteiger partial charge in [-0.2, -0.15) is 0 Å². The van der Waals surface area contributed by atoms with Crippen LogP contribution in [0.3, 0.4) is 0 Å². The van der Waals surface area contributed by atoms with Crippen molar-refractivity contribution in [3.05, 3.63) is 65.5 Å². The lowest BCUT2D eigenvalue weighted by Crippen LogP contribution is -2.48. The number of benzene rings is 2. The Labute approximate surface area is 171 Å². The Morgan fingerprint density at radius 2 is 1.97 bits per heavy atom. The van der Waals surface area contributed by atoms with Gasteiger partial charge in [-0.15, -0.1) is 0 Å². The molecule has 1 N–H and O–H groups in total. The molecule has 2 fully saturated rings. The molecule has 154 valence electrons. The lowest BCUT2D eigenvalue weighted by molar-refractivity contribution is -0.0913. The van der Waals surface area contributed by atoms with Gasteiger partial charge in [-0.25, -0.2) is 9.18 Å². The summed E-state index contributed by atoms with van der Waals surface area (Å²) in [6.07, 6.45) is 3.82. The van der Waals surface area contributed by atoms with E-state index in [0.29, 0.717) is 30.4 Å². The van der Waals surface area contributed by atoms with Crippen LogP contribution in [-0.4, -0.2) is 36.6 Å². The molecular weight excluding hydrogens is 369 g/mol. The first kappa shape index (κ1) is 20.0. The second kappa shape index (κ2) is 7.88. The van der Waals surface area contributed by atoms with Crippen LogP contribution >= 0.6 is 0 Å². The van der Waals surface area contributed by atoms with Gasteiger partial charge in [0.25, 0.3) is 0 Å². The number of halogens is 1. The minimum absolute atomic E-state index is 0.0502. The minimum Gasteiger partial charge on any atom is -0.423 e. The Balaban J connectivity index is 1.66. The van der Waals surface area contributed by atoms with Gasteiger partial charge >= 0.3 is 5.97 Å². The monoisotopic (exact) mass is 397 g/mol. The zero-order valence-electron chi connectivity index (χ0n) is 17.0. The first-order valence-electron chi connectivity index (χ1n) is 10.3. The fraction of sp³-hybridized carbons (Fsp3) is 0.458. The fourth-order valence-electron chi connectivity index (χ4n) is 5.29. The van der Waals surface area contributed by atoms with E-state index in [-0.39, 0.29) is 17.2 Å². The van der Waals surface area contributed by atoms with Gasteiger partial charge in [0.1, 0.15) is 11.6 Å². The standard InChI is InChI=1S/C24H28FNO3/c1-26(2)15-21-18-9-8-16(12-18)14-24(21,28)20-13-19(10-11-22(20)25)29-23(27)17-6-4-3-5-7-17/h3-7,10-11,13,16,18,21,28H,8-9,12,14-15H2,1-2H3/t16-,18-,21+,24+/m1/s1. The first-order chi connectivity index (χ1) is 13.9. The van der Waals surface area contributed by atoms with Crippen molar-refractivity contribution in [1.82, 2.24) is 4.90 Å². The van der Waals surface area contributed by atoms with Crippen LogP contribution in [0.4, 0.5) is 4.39 Å². The number of hydrogen-bond acceptors (Lipinski definition) is 4. The third kappa shape index (κ3) is 3.94. The molecule has 4 atom stereocenters. The van der Waals surface area contributed by atoms with Crippen LogP contribution in [-0.2, 0) is 5.60 Å². The molecular formula is C24H28FNO3. The minimum atomic E-state index is -1.26. The Kier molecular flexibility index (Phi) is 5.45. The molecule has 2 bridgehead atoms. The number of rotatable bonds is 5. The van der Waals surface area contributed by atoms with Crippen LogP contribution in [0.25, 0.3) is 0 Å². The van der Waals surface area contributed by atoms with Gasteiger partial charge in [0.15, 0.2) is 0 Å². The first-order valence-corrected chi connectivity index (χ1v) is 10.3. The lowest BCUT2D eigenvalue weighted by atomic mass is 9.65. The van der Waals surface area contributed by atoms with Gasteiger partial charge in [0.2, 0.25) is 0 Å². The van der Waals surface area contributed by atoms with E-state index >= 15 is 0 Å². The van der Waals surface area contributed by atoms with Crippen LogP contribution in [0.1, 0.15) is 41.6 Å². The van der Waals surface area contributed by atoms with Gasteiger partial charge in [-0.3, -0.25) is 0 Å². The average Bonchev–Trinajstić information content (AvgIpc) is 3.10. The molecule has 5 heteroatoms. The van der Waals surface area contributed by atoms with Crippen molar-refractivity contribution < 1.29 is 19.0 Å². The number of aliphatic hydroxyl groups is 1. The van der Waals surface area contributed by atoms with Gasteiger partial charge in [0.05, 0.1) is 11.2 Å². The molecule has 2 aliphatic carbocycles. The predicted octanol–water partition coefficient (Wildman–Crippen LogP) is 4.23. The molecule has 2 aromatic rings. The molecule has 2 aromatic carbocycles. The molecule has 0 spiro atoms. The van der Waals surface area contributed by atoms with Crippen molar-refractivity contribution in [2.24, 2.45) is 17.8 Å². The summed E-state index contributed by atoms with van der Waals surface area (Å²) < 4.78 is 20.4. The molecule has 2 saturated carbocycles. The van der Waals surface area contributed by atoms with Crippen molar-refractivity contribution in [2.45, 2.75) is 31.3 Å². The molecule has 4 nitrogen and oxygen atoms in total. The van der Waals surface area contributed by atoms with E-state index in [1.165, 1.54) is 18.2 Å². The highest BCUT2D eigenvalue weighted by molar-refractivity contribution is 5.90. The van der Waals surface area contributed by atoms with Crippen LogP contribution in [0.2, 0.25) is 0 Å². The summed E-state index contributed by atoms with van der Waals surface area (Å²) in [7, 11) is 3.96. The van der Waals surface area contributed by atoms with Gasteiger partial charge in [-0.1, -0.05) is 24.6 Å². The van der Waals surface area contributed by atoms with E-state index in [1.54, 1.807) is 24.3 Å². The zero-order valence-corrected chi connectivity index (χ0v) is 17.0. The molecule has 0 amide bonds. The normalized spacial score (nSPS) is 28.5. The largest absolute Gasteiger partial charge is 0.423 e. The lowest BCUT2D eigenvalue weighted by Gasteiger charge is -2.45. The average molecular weight is 397 g/mol. The van der Waals surface area contributed by atoms with E-state index < -0.39 is 17.4 Å². The predicted molar refractivity (Wildman–Crippen MR) is 109 cm³/mol. The summed E-state index contributed by atoms with van der Waals surface area (Å²) in [5.74, 6) is 0.0613. The summed E-state index contributed by atoms with van der Waals surface area (Å²) in [6, 6.07) is 13.0. The number of hydrogen-bond donors (Lipinski definition) is 1. The van der Waals surface area contributed by atoms with Crippen molar-refractivity contribution in [2.75, 3.05) is 20.6 Å². The van der Waals surface area contributed by atoms with E-state index in [0.717, 1.165) is 19.3 Å². The summed E-state index contributed by atoms with van der Waals surface area (Å²) in [4.78, 5) is 14.5. The second-order valence-electron chi connectivity index (χ2n) is 8.83. The summed E-state index contributed by atoms with van der Waals surface area (Å²) in [5, 5.41) is 11.8. The maximum Gasteiger partial charge on any atom is 0.343 e. The van der Waals surface area contributed by atoms with Crippen molar-refractivity contribution in [1.29, 1.82) is 0 Å². The SMILES string of the molecule is CN(C)C[C@H]1[C@@H]2CC[C@H](C2)C[C@]1(O)c1cc(OC(=O)c2ccccc2)ccc1F. The van der Waals surface area contributed by atoms with E-state index in [1.807, 2.05) is 20.2 Å². The number of fused-ring (bicyclic) bond motifs is 2. The maximum atomic E-state index is 14.9. The molecule has 0 heterocycles. The third-order valence-corrected chi connectivity index (χ3v) is 6.55. The van der Waals surface area contributed by atoms with Gasteiger partial charge in [-0.05, 0) is 75.5 Å². The highest BCUT2D eigenvalue weighted by Gasteiger charge is 2.52. The van der Waals surface area contributed by atoms with Crippen LogP contribution in [0.15, 0.2) is 48.5 Å².